The number of hydrogen-bond acceptors (Lipinski definition) is 7. The summed E-state index contributed by atoms with van der Waals surface area (Å²) in [6, 6.07) is 18.6. The summed E-state index contributed by atoms with van der Waals surface area (Å²) in [6.07, 6.45) is 3.50. The minimum atomic E-state index is -1.04. The van der Waals surface area contributed by atoms with Gasteiger partial charge in [0.05, 0.1) is 28.7 Å². The first-order valence-corrected chi connectivity index (χ1v) is 15.2. The lowest BCUT2D eigenvalue weighted by Gasteiger charge is -2.26. The predicted molar refractivity (Wildman–Crippen MR) is 169 cm³/mol. The predicted octanol–water partition coefficient (Wildman–Crippen LogP) is 5.00. The number of thiophene rings is 1. The Morgan fingerprint density at radius 1 is 0.909 bits per heavy atom. The molecule has 2 aromatic carbocycles. The van der Waals surface area contributed by atoms with E-state index in [0.29, 0.717) is 47.9 Å². The van der Waals surface area contributed by atoms with Crippen LogP contribution in [0.1, 0.15) is 60.4 Å². The molecular formula is C33H33N5O5S. The van der Waals surface area contributed by atoms with Gasteiger partial charge in [0.1, 0.15) is 0 Å². The average molecular weight is 612 g/mol. The highest BCUT2D eigenvalue weighted by Gasteiger charge is 2.25. The largest absolute Gasteiger partial charge is 0.481 e. The minimum Gasteiger partial charge on any atom is -0.481 e. The van der Waals surface area contributed by atoms with E-state index >= 15 is 0 Å². The molecule has 0 spiro atoms. The van der Waals surface area contributed by atoms with E-state index in [-0.39, 0.29) is 23.8 Å². The smallest absolute Gasteiger partial charge is 0.305 e. The maximum Gasteiger partial charge on any atom is 0.305 e. The van der Waals surface area contributed by atoms with E-state index in [4.69, 9.17) is 0 Å². The number of aromatic nitrogens is 1. The van der Waals surface area contributed by atoms with Crippen LogP contribution in [0, 0.1) is 6.92 Å². The molecule has 3 N–H and O–H groups in total. The van der Waals surface area contributed by atoms with Gasteiger partial charge in [-0.3, -0.25) is 24.2 Å². The Morgan fingerprint density at radius 3 is 2.39 bits per heavy atom. The molecule has 4 aromatic rings. The fourth-order valence-corrected chi connectivity index (χ4v) is 5.83. The van der Waals surface area contributed by atoms with Gasteiger partial charge in [-0.15, -0.1) is 11.3 Å². The SMILES string of the molecule is Cc1ccc(C(CC(=O)O)NC(=O)c2ccc(N3CCCN(C(=O)c4cccs4)CC3)c(NC(=O)c3ccncc3)c2)cc1. The number of carboxylic acid groups (broad SMARTS) is 1. The third kappa shape index (κ3) is 7.48. The summed E-state index contributed by atoms with van der Waals surface area (Å²) in [5, 5.41) is 17.2. The average Bonchev–Trinajstić information content (AvgIpc) is 3.46. The lowest BCUT2D eigenvalue weighted by atomic mass is 10.0. The number of hydrogen-bond donors (Lipinski definition) is 3. The first-order valence-electron chi connectivity index (χ1n) is 14.3. The monoisotopic (exact) mass is 611 g/mol. The number of nitrogens with one attached hydrogen (secondary N) is 2. The molecule has 3 amide bonds. The van der Waals surface area contributed by atoms with Gasteiger partial charge in [0.2, 0.25) is 0 Å². The summed E-state index contributed by atoms with van der Waals surface area (Å²) in [6.45, 7) is 4.22. The summed E-state index contributed by atoms with van der Waals surface area (Å²) in [5.41, 5.74) is 3.53. The number of benzene rings is 2. The lowest BCUT2D eigenvalue weighted by Crippen LogP contribution is -2.35. The van der Waals surface area contributed by atoms with E-state index in [1.54, 1.807) is 42.5 Å². The Bertz CT molecular complexity index is 1630. The van der Waals surface area contributed by atoms with Gasteiger partial charge in [0.15, 0.2) is 0 Å². The molecule has 1 unspecified atom stereocenters. The Balaban J connectivity index is 1.40. The summed E-state index contributed by atoms with van der Waals surface area (Å²) in [4.78, 5) is 59.9. The molecule has 0 aliphatic carbocycles. The van der Waals surface area contributed by atoms with Gasteiger partial charge >= 0.3 is 5.97 Å². The van der Waals surface area contributed by atoms with Gasteiger partial charge in [-0.2, -0.15) is 0 Å². The number of pyridine rings is 1. The van der Waals surface area contributed by atoms with Crippen LogP contribution in [-0.4, -0.2) is 64.9 Å². The van der Waals surface area contributed by atoms with Gasteiger partial charge in [0.25, 0.3) is 17.7 Å². The molecule has 44 heavy (non-hydrogen) atoms. The molecule has 1 aliphatic heterocycles. The zero-order valence-electron chi connectivity index (χ0n) is 24.2. The standard InChI is InChI=1S/C33H33N5O5S/c1-22-5-7-23(8-6-22)26(21-30(39)40)35-32(42)25-9-10-28(27(20-25)36-31(41)24-11-13-34-14-12-24)37-15-3-16-38(18-17-37)33(43)29-4-2-19-44-29/h2,4-14,19-20,26H,3,15-18,21H2,1H3,(H,35,42)(H,36,41)(H,39,40). The zero-order chi connectivity index (χ0) is 31.1. The summed E-state index contributed by atoms with van der Waals surface area (Å²) in [5.74, 6) is -1.86. The van der Waals surface area contributed by atoms with Crippen molar-refractivity contribution in [1.29, 1.82) is 0 Å². The first kappa shape index (κ1) is 30.4. The number of carbonyl (C=O) groups is 4. The molecule has 2 aromatic heterocycles. The number of aliphatic carboxylic acids is 1. The Morgan fingerprint density at radius 2 is 1.68 bits per heavy atom. The number of carbonyl (C=O) groups excluding carboxylic acids is 3. The van der Waals surface area contributed by atoms with Crippen molar-refractivity contribution in [3.05, 3.63) is 112 Å². The van der Waals surface area contributed by atoms with Gasteiger partial charge < -0.3 is 25.5 Å². The lowest BCUT2D eigenvalue weighted by molar-refractivity contribution is -0.137. The van der Waals surface area contributed by atoms with E-state index < -0.39 is 17.9 Å². The van der Waals surface area contributed by atoms with Crippen molar-refractivity contribution in [3.8, 4) is 0 Å². The molecule has 0 bridgehead atoms. The van der Waals surface area contributed by atoms with Gasteiger partial charge in [-0.25, -0.2) is 0 Å². The van der Waals surface area contributed by atoms with Crippen LogP contribution in [0.4, 0.5) is 11.4 Å². The molecule has 1 atom stereocenters. The van der Waals surface area contributed by atoms with Crippen LogP contribution in [-0.2, 0) is 4.79 Å². The number of nitrogens with zero attached hydrogens (tertiary/aromatic N) is 3. The highest BCUT2D eigenvalue weighted by Crippen LogP contribution is 2.30. The van der Waals surface area contributed by atoms with Crippen molar-refractivity contribution < 1.29 is 24.3 Å². The van der Waals surface area contributed by atoms with Crippen LogP contribution in [0.2, 0.25) is 0 Å². The highest BCUT2D eigenvalue weighted by molar-refractivity contribution is 7.12. The van der Waals surface area contributed by atoms with Crippen molar-refractivity contribution in [2.24, 2.45) is 0 Å². The second-order valence-corrected chi connectivity index (χ2v) is 11.5. The fraction of sp³-hybridized carbons (Fsp3) is 0.242. The highest BCUT2D eigenvalue weighted by atomic mass is 32.1. The van der Waals surface area contributed by atoms with Crippen LogP contribution in [0.5, 0.6) is 0 Å². The maximum absolute atomic E-state index is 13.5. The quantitative estimate of drug-likeness (QED) is 0.243. The van der Waals surface area contributed by atoms with Crippen LogP contribution in [0.15, 0.2) is 84.5 Å². The Labute approximate surface area is 259 Å². The van der Waals surface area contributed by atoms with Crippen molar-refractivity contribution >= 4 is 46.4 Å². The molecule has 1 saturated heterocycles. The molecule has 0 radical (unpaired) electrons. The summed E-state index contributed by atoms with van der Waals surface area (Å²) < 4.78 is 0. The van der Waals surface area contributed by atoms with Gasteiger partial charge in [-0.05, 0) is 60.7 Å². The number of anilines is 2. The van der Waals surface area contributed by atoms with E-state index in [1.165, 1.54) is 23.7 Å². The third-order valence-electron chi connectivity index (χ3n) is 7.47. The van der Waals surface area contributed by atoms with E-state index in [0.717, 1.165) is 17.7 Å². The summed E-state index contributed by atoms with van der Waals surface area (Å²) in [7, 11) is 0. The van der Waals surface area contributed by atoms with Crippen molar-refractivity contribution in [1.82, 2.24) is 15.2 Å². The Hall–Kier alpha value is -5.03. The van der Waals surface area contributed by atoms with Gasteiger partial charge in [0, 0.05) is 49.7 Å². The second-order valence-electron chi connectivity index (χ2n) is 10.6. The van der Waals surface area contributed by atoms with Gasteiger partial charge in [-0.1, -0.05) is 35.9 Å². The molecule has 1 aliphatic rings. The van der Waals surface area contributed by atoms with E-state index in [9.17, 15) is 24.3 Å². The molecule has 226 valence electrons. The van der Waals surface area contributed by atoms with E-state index in [2.05, 4.69) is 20.5 Å². The van der Waals surface area contributed by atoms with Crippen LogP contribution < -0.4 is 15.5 Å². The van der Waals surface area contributed by atoms with Crippen LogP contribution in [0.25, 0.3) is 0 Å². The molecular weight excluding hydrogens is 578 g/mol. The summed E-state index contributed by atoms with van der Waals surface area (Å²) >= 11 is 1.42. The molecule has 11 heteroatoms. The van der Waals surface area contributed by atoms with Crippen molar-refractivity contribution in [3.63, 3.8) is 0 Å². The maximum atomic E-state index is 13.5. The van der Waals surface area contributed by atoms with Crippen molar-refractivity contribution in [2.45, 2.75) is 25.8 Å². The molecule has 3 heterocycles. The molecule has 0 saturated carbocycles. The molecule has 5 rings (SSSR count). The fourth-order valence-electron chi connectivity index (χ4n) is 5.14. The third-order valence-corrected chi connectivity index (χ3v) is 8.33. The normalized spacial score (nSPS) is 13.9. The number of carboxylic acids is 1. The first-order chi connectivity index (χ1) is 21.3. The number of amides is 3. The van der Waals surface area contributed by atoms with Crippen LogP contribution >= 0.6 is 11.3 Å². The number of aryl methyl sites for hydroxylation is 1. The zero-order valence-corrected chi connectivity index (χ0v) is 25.0. The second kappa shape index (κ2) is 14.0. The number of rotatable bonds is 9. The van der Waals surface area contributed by atoms with E-state index in [1.807, 2.05) is 41.5 Å². The minimum absolute atomic E-state index is 0.00424. The topological polar surface area (TPSA) is 132 Å². The molecule has 10 nitrogen and oxygen atoms in total. The Kier molecular flexibility index (Phi) is 9.65. The molecule has 1 fully saturated rings. The van der Waals surface area contributed by atoms with Crippen LogP contribution in [0.3, 0.4) is 0 Å². The van der Waals surface area contributed by atoms with Crippen molar-refractivity contribution in [2.75, 3.05) is 36.4 Å².